The van der Waals surface area contributed by atoms with Crippen LogP contribution < -0.4 is 9.46 Å². The smallest absolute Gasteiger partial charge is 0.341 e. The summed E-state index contributed by atoms with van der Waals surface area (Å²) in [6.45, 7) is 4.95. The lowest BCUT2D eigenvalue weighted by molar-refractivity contribution is -0.139. The van der Waals surface area contributed by atoms with Gasteiger partial charge in [0.25, 0.3) is 10.0 Å². The van der Waals surface area contributed by atoms with E-state index in [2.05, 4.69) is 4.72 Å². The Balaban J connectivity index is 2.26. The summed E-state index contributed by atoms with van der Waals surface area (Å²) in [5.41, 5.74) is 2.94. The van der Waals surface area contributed by atoms with Gasteiger partial charge in [-0.2, -0.15) is 0 Å². The number of aryl methyl sites for hydroxylation is 3. The first-order valence-corrected chi connectivity index (χ1v) is 8.72. The highest BCUT2D eigenvalue weighted by molar-refractivity contribution is 7.92. The number of nitrogens with one attached hydrogen (secondary N) is 1. The molecule has 24 heavy (non-hydrogen) atoms. The van der Waals surface area contributed by atoms with Gasteiger partial charge in [0.15, 0.2) is 6.61 Å². The maximum atomic E-state index is 12.5. The summed E-state index contributed by atoms with van der Waals surface area (Å²) < 4.78 is 32.7. The van der Waals surface area contributed by atoms with Crippen LogP contribution in [0, 0.1) is 20.8 Å². The van der Waals surface area contributed by atoms with E-state index < -0.39 is 22.6 Å². The van der Waals surface area contributed by atoms with Gasteiger partial charge in [-0.05, 0) is 56.2 Å². The molecule has 2 N–H and O–H groups in total. The third-order valence-corrected chi connectivity index (χ3v) is 4.80. The lowest BCUT2D eigenvalue weighted by Crippen LogP contribution is -2.14. The van der Waals surface area contributed by atoms with E-state index in [1.54, 1.807) is 13.0 Å². The van der Waals surface area contributed by atoms with Crippen molar-refractivity contribution in [3.8, 4) is 5.75 Å². The molecule has 0 aliphatic carbocycles. The van der Waals surface area contributed by atoms with Crippen LogP contribution in [0.4, 0.5) is 5.69 Å². The average molecular weight is 349 g/mol. The molecule has 0 saturated carbocycles. The van der Waals surface area contributed by atoms with Gasteiger partial charge >= 0.3 is 5.97 Å². The van der Waals surface area contributed by atoms with Gasteiger partial charge in [-0.25, -0.2) is 13.2 Å². The van der Waals surface area contributed by atoms with Gasteiger partial charge in [-0.1, -0.05) is 17.7 Å². The first kappa shape index (κ1) is 17.8. The highest BCUT2D eigenvalue weighted by atomic mass is 32.2. The molecule has 6 nitrogen and oxygen atoms in total. The van der Waals surface area contributed by atoms with Crippen molar-refractivity contribution >= 4 is 21.7 Å². The monoisotopic (exact) mass is 349 g/mol. The lowest BCUT2D eigenvalue weighted by atomic mass is 10.1. The van der Waals surface area contributed by atoms with Crippen LogP contribution in [-0.4, -0.2) is 26.1 Å². The molecule has 0 fully saturated rings. The molecule has 0 unspecified atom stereocenters. The van der Waals surface area contributed by atoms with Gasteiger partial charge < -0.3 is 9.84 Å². The molecular weight excluding hydrogens is 330 g/mol. The topological polar surface area (TPSA) is 92.7 Å². The number of hydrogen-bond donors (Lipinski definition) is 2. The summed E-state index contributed by atoms with van der Waals surface area (Å²) >= 11 is 0. The van der Waals surface area contributed by atoms with Gasteiger partial charge in [0.2, 0.25) is 0 Å². The molecule has 0 saturated heterocycles. The van der Waals surface area contributed by atoms with Crippen molar-refractivity contribution in [3.63, 3.8) is 0 Å². The van der Waals surface area contributed by atoms with E-state index in [-0.39, 0.29) is 4.90 Å². The number of benzene rings is 2. The molecule has 2 aromatic carbocycles. The summed E-state index contributed by atoms with van der Waals surface area (Å²) in [7, 11) is -3.74. The van der Waals surface area contributed by atoms with Crippen molar-refractivity contribution in [2.75, 3.05) is 11.3 Å². The Morgan fingerprint density at radius 2 is 1.79 bits per heavy atom. The number of ether oxygens (including phenoxy) is 1. The number of carboxylic acids is 1. The van der Waals surface area contributed by atoms with E-state index in [4.69, 9.17) is 9.84 Å². The van der Waals surface area contributed by atoms with Crippen LogP contribution in [0.1, 0.15) is 16.7 Å². The number of aliphatic carboxylic acids is 1. The molecule has 2 rings (SSSR count). The zero-order valence-corrected chi connectivity index (χ0v) is 14.5. The first-order chi connectivity index (χ1) is 11.2. The predicted octanol–water partition coefficient (Wildman–Crippen LogP) is 2.88. The predicted molar refractivity (Wildman–Crippen MR) is 91.0 cm³/mol. The fourth-order valence-corrected chi connectivity index (χ4v) is 3.44. The summed E-state index contributed by atoms with van der Waals surface area (Å²) in [6.07, 6.45) is 0. The molecule has 0 atom stereocenters. The highest BCUT2D eigenvalue weighted by Crippen LogP contribution is 2.25. The molecule has 0 amide bonds. The van der Waals surface area contributed by atoms with Crippen molar-refractivity contribution < 1.29 is 23.1 Å². The van der Waals surface area contributed by atoms with Crippen LogP contribution >= 0.6 is 0 Å². The molecule has 0 aliphatic rings. The molecule has 128 valence electrons. The van der Waals surface area contributed by atoms with Gasteiger partial charge in [0, 0.05) is 0 Å². The van der Waals surface area contributed by atoms with Crippen molar-refractivity contribution in [2.24, 2.45) is 0 Å². The number of anilines is 1. The standard InChI is InChI=1S/C17H19NO5S/c1-11-4-6-15(12(2)8-11)18-24(21,22)14-5-7-16(13(3)9-14)23-10-17(19)20/h4-9,18H,10H2,1-3H3,(H,19,20). The van der Waals surface area contributed by atoms with Crippen LogP contribution in [0.25, 0.3) is 0 Å². The Kier molecular flexibility index (Phi) is 5.14. The molecule has 0 aromatic heterocycles. The third-order valence-electron chi connectivity index (χ3n) is 3.43. The Labute approximate surface area is 141 Å². The van der Waals surface area contributed by atoms with Crippen LogP contribution in [0.2, 0.25) is 0 Å². The minimum absolute atomic E-state index is 0.0858. The fraction of sp³-hybridized carbons (Fsp3) is 0.235. The van der Waals surface area contributed by atoms with Gasteiger partial charge in [0.1, 0.15) is 5.75 Å². The molecule has 0 heterocycles. The van der Waals surface area contributed by atoms with Crippen LogP contribution in [-0.2, 0) is 14.8 Å². The van der Waals surface area contributed by atoms with E-state index in [0.717, 1.165) is 11.1 Å². The first-order valence-electron chi connectivity index (χ1n) is 7.24. The Bertz CT molecular complexity index is 875. The number of hydrogen-bond acceptors (Lipinski definition) is 4. The molecule has 2 aromatic rings. The highest BCUT2D eigenvalue weighted by Gasteiger charge is 2.17. The quantitative estimate of drug-likeness (QED) is 0.836. The van der Waals surface area contributed by atoms with Crippen LogP contribution in [0.3, 0.4) is 0 Å². The molecule has 0 radical (unpaired) electrons. The Morgan fingerprint density at radius 3 is 2.38 bits per heavy atom. The number of rotatable bonds is 6. The second-order valence-corrected chi connectivity index (χ2v) is 7.22. The second-order valence-electron chi connectivity index (χ2n) is 5.53. The third kappa shape index (κ3) is 4.26. The summed E-state index contributed by atoms with van der Waals surface area (Å²) in [6, 6.07) is 9.73. The molecule has 7 heteroatoms. The van der Waals surface area contributed by atoms with Gasteiger partial charge in [-0.15, -0.1) is 0 Å². The minimum atomic E-state index is -3.74. The van der Waals surface area contributed by atoms with E-state index in [9.17, 15) is 13.2 Å². The van der Waals surface area contributed by atoms with Crippen molar-refractivity contribution in [1.82, 2.24) is 0 Å². The van der Waals surface area contributed by atoms with Crippen LogP contribution in [0.5, 0.6) is 5.75 Å². The largest absolute Gasteiger partial charge is 0.482 e. The Morgan fingerprint density at radius 1 is 1.08 bits per heavy atom. The van der Waals surface area contributed by atoms with Crippen LogP contribution in [0.15, 0.2) is 41.3 Å². The zero-order valence-electron chi connectivity index (χ0n) is 13.7. The second kappa shape index (κ2) is 6.92. The molecule has 0 bridgehead atoms. The van der Waals surface area contributed by atoms with Gasteiger partial charge in [0.05, 0.1) is 10.6 Å². The van der Waals surface area contributed by atoms with Crippen molar-refractivity contribution in [3.05, 3.63) is 53.1 Å². The zero-order chi connectivity index (χ0) is 17.9. The van der Waals surface area contributed by atoms with E-state index in [1.807, 2.05) is 26.0 Å². The number of sulfonamides is 1. The number of carboxylic acid groups (broad SMARTS) is 1. The van der Waals surface area contributed by atoms with Crippen molar-refractivity contribution in [2.45, 2.75) is 25.7 Å². The summed E-state index contributed by atoms with van der Waals surface area (Å²) in [5, 5.41) is 8.63. The summed E-state index contributed by atoms with van der Waals surface area (Å²) in [5.74, 6) is -0.759. The molecular formula is C17H19NO5S. The maximum absolute atomic E-state index is 12.5. The van der Waals surface area contributed by atoms with E-state index in [1.165, 1.54) is 18.2 Å². The van der Waals surface area contributed by atoms with Gasteiger partial charge in [-0.3, -0.25) is 4.72 Å². The lowest BCUT2D eigenvalue weighted by Gasteiger charge is -2.13. The molecule has 0 spiro atoms. The molecule has 0 aliphatic heterocycles. The number of carbonyl (C=O) groups is 1. The van der Waals surface area contributed by atoms with E-state index in [0.29, 0.717) is 17.0 Å². The van der Waals surface area contributed by atoms with E-state index >= 15 is 0 Å². The Hall–Kier alpha value is -2.54. The van der Waals surface area contributed by atoms with Crippen molar-refractivity contribution in [1.29, 1.82) is 0 Å². The normalized spacial score (nSPS) is 11.1. The fourth-order valence-electron chi connectivity index (χ4n) is 2.22. The average Bonchev–Trinajstić information content (AvgIpc) is 2.48. The minimum Gasteiger partial charge on any atom is -0.482 e. The summed E-state index contributed by atoms with van der Waals surface area (Å²) in [4.78, 5) is 10.6. The SMILES string of the molecule is Cc1ccc(NS(=O)(=O)c2ccc(OCC(=O)O)c(C)c2)c(C)c1. The maximum Gasteiger partial charge on any atom is 0.341 e.